The van der Waals surface area contributed by atoms with E-state index in [2.05, 4.69) is 41.5 Å². The lowest BCUT2D eigenvalue weighted by Gasteiger charge is -2.43. The maximum Gasteiger partial charge on any atom is 0.386 e. The smallest absolute Gasteiger partial charge is 0.381 e. The molecule has 0 N–H and O–H groups in total. The number of hydrogen-bond acceptors (Lipinski definition) is 3. The van der Waals surface area contributed by atoms with Crippen LogP contribution in [0.1, 0.15) is 60.8 Å². The minimum absolute atomic E-state index is 0.124. The zero-order valence-electron chi connectivity index (χ0n) is 15.8. The average Bonchev–Trinajstić information content (AvgIpc) is 3.09. The van der Waals surface area contributed by atoms with Crippen LogP contribution in [0.5, 0.6) is 0 Å². The molecule has 4 heterocycles. The average molecular weight is 368 g/mol. The maximum absolute atomic E-state index is 12.9. The SMILES string of the molecule is C[C@@H]1C[C@@H](C)[P+]2(C1)C1=C(C(=O)OC1=O)[P+]1([C@H](C)CC[C@H]1C)C2(C)C. The lowest BCUT2D eigenvalue weighted by Crippen LogP contribution is -2.36. The predicted molar refractivity (Wildman–Crippen MR) is 102 cm³/mol. The number of esters is 2. The summed E-state index contributed by atoms with van der Waals surface area (Å²) < 4.78 is 5.28. The van der Waals surface area contributed by atoms with E-state index >= 15 is 0 Å². The summed E-state index contributed by atoms with van der Waals surface area (Å²) in [6.07, 6.45) is 4.73. The summed E-state index contributed by atoms with van der Waals surface area (Å²) >= 11 is 0. The molecule has 0 aromatic carbocycles. The van der Waals surface area contributed by atoms with Crippen molar-refractivity contribution in [1.29, 1.82) is 0 Å². The topological polar surface area (TPSA) is 43.4 Å². The first-order valence-corrected chi connectivity index (χ1v) is 13.4. The summed E-state index contributed by atoms with van der Waals surface area (Å²) in [5.41, 5.74) is 1.65. The van der Waals surface area contributed by atoms with E-state index in [-0.39, 0.29) is 16.8 Å². The Morgan fingerprint density at radius 2 is 1.46 bits per heavy atom. The molecule has 4 aliphatic rings. The molecule has 0 amide bonds. The van der Waals surface area contributed by atoms with Crippen LogP contribution in [-0.2, 0) is 14.3 Å². The monoisotopic (exact) mass is 368 g/mol. The molecule has 0 bridgehead atoms. The van der Waals surface area contributed by atoms with Crippen LogP contribution in [-0.4, -0.2) is 40.0 Å². The van der Waals surface area contributed by atoms with Crippen molar-refractivity contribution >= 4 is 26.5 Å². The van der Waals surface area contributed by atoms with Gasteiger partial charge in [0.2, 0.25) is 10.6 Å². The zero-order valence-corrected chi connectivity index (χ0v) is 17.5. The highest BCUT2D eigenvalue weighted by Gasteiger charge is 2.88. The van der Waals surface area contributed by atoms with Gasteiger partial charge in [0, 0.05) is 13.8 Å². The molecule has 0 aromatic heterocycles. The Bertz CT molecular complexity index is 670. The van der Waals surface area contributed by atoms with E-state index in [1.807, 2.05) is 0 Å². The molecule has 4 rings (SSSR count). The fourth-order valence-electron chi connectivity index (χ4n) is 7.32. The Labute approximate surface area is 146 Å². The largest absolute Gasteiger partial charge is 0.386 e. The van der Waals surface area contributed by atoms with Crippen LogP contribution in [0.2, 0.25) is 0 Å². The maximum atomic E-state index is 12.9. The van der Waals surface area contributed by atoms with Gasteiger partial charge in [-0.25, -0.2) is 9.59 Å². The van der Waals surface area contributed by atoms with Gasteiger partial charge < -0.3 is 4.74 Å². The van der Waals surface area contributed by atoms with Gasteiger partial charge in [-0.3, -0.25) is 0 Å². The number of carbonyl (C=O) groups excluding carboxylic acids is 2. The highest BCUT2D eigenvalue weighted by molar-refractivity contribution is 8.03. The summed E-state index contributed by atoms with van der Waals surface area (Å²) in [4.78, 5) is 25.9. The molecule has 2 saturated heterocycles. The van der Waals surface area contributed by atoms with E-state index in [0.29, 0.717) is 22.9 Å². The Balaban J connectivity index is 2.07. The fourth-order valence-corrected chi connectivity index (χ4v) is 25.4. The quantitative estimate of drug-likeness (QED) is 0.341. The standard InChI is InChI=1S/C19H30O3P2/c1-11-9-14(4)23(10-11)15-16(18(21)22-17(15)20)24(19(23,5)6)12(2)7-8-13(24)3/h11-14H,7-10H2,1-6H3/q+2/t11-,12-,13-,14-,23?/m1/s1. The Hall–Kier alpha value is -0.260. The second-order valence-corrected chi connectivity index (χ2v) is 18.9. The number of carbonyl (C=O) groups is 2. The molecular weight excluding hydrogens is 338 g/mol. The van der Waals surface area contributed by atoms with Crippen LogP contribution in [0.4, 0.5) is 0 Å². The third kappa shape index (κ3) is 1.55. The minimum atomic E-state index is -1.72. The van der Waals surface area contributed by atoms with Gasteiger partial charge in [0.05, 0.1) is 23.1 Å². The van der Waals surface area contributed by atoms with Crippen LogP contribution in [0, 0.1) is 5.92 Å². The van der Waals surface area contributed by atoms with Crippen molar-refractivity contribution in [3.05, 3.63) is 10.6 Å². The van der Waals surface area contributed by atoms with E-state index in [9.17, 15) is 9.59 Å². The molecule has 0 aromatic rings. The van der Waals surface area contributed by atoms with Gasteiger partial charge in [-0.05, 0) is 46.0 Å². The second-order valence-electron chi connectivity index (χ2n) is 9.16. The van der Waals surface area contributed by atoms with Crippen LogP contribution in [0.3, 0.4) is 0 Å². The molecule has 0 aliphatic carbocycles. The molecule has 4 aliphatic heterocycles. The van der Waals surface area contributed by atoms with Gasteiger partial charge in [-0.1, -0.05) is 6.92 Å². The number of cyclic esters (lactones) is 2. The lowest BCUT2D eigenvalue weighted by atomic mass is 10.1. The van der Waals surface area contributed by atoms with Crippen molar-refractivity contribution in [2.45, 2.75) is 82.7 Å². The molecule has 0 radical (unpaired) electrons. The van der Waals surface area contributed by atoms with E-state index in [4.69, 9.17) is 4.74 Å². The van der Waals surface area contributed by atoms with Crippen molar-refractivity contribution in [1.82, 2.24) is 0 Å². The van der Waals surface area contributed by atoms with E-state index in [1.165, 1.54) is 19.3 Å². The third-order valence-corrected chi connectivity index (χ3v) is 22.5. The zero-order chi connectivity index (χ0) is 17.7. The predicted octanol–water partition coefficient (Wildman–Crippen LogP) is 5.07. The highest BCUT2D eigenvalue weighted by Crippen LogP contribution is 3.05. The van der Waals surface area contributed by atoms with Crippen molar-refractivity contribution in [2.24, 2.45) is 5.92 Å². The molecule has 24 heavy (non-hydrogen) atoms. The van der Waals surface area contributed by atoms with Crippen LogP contribution < -0.4 is 0 Å². The van der Waals surface area contributed by atoms with Crippen LogP contribution in [0.15, 0.2) is 10.6 Å². The summed E-state index contributed by atoms with van der Waals surface area (Å²) in [6.45, 7) is 14.3. The number of ether oxygens (including phenoxy) is 1. The van der Waals surface area contributed by atoms with Gasteiger partial charge in [-0.2, -0.15) is 0 Å². The normalized spacial score (nSPS) is 45.6. The van der Waals surface area contributed by atoms with Crippen molar-refractivity contribution in [2.75, 3.05) is 6.16 Å². The third-order valence-electron chi connectivity index (χ3n) is 7.94. The molecule has 3 nitrogen and oxygen atoms in total. The van der Waals surface area contributed by atoms with Gasteiger partial charge in [0.15, 0.2) is 4.90 Å². The van der Waals surface area contributed by atoms with Gasteiger partial charge in [-0.15, -0.1) is 0 Å². The van der Waals surface area contributed by atoms with Gasteiger partial charge in [0.25, 0.3) is 0 Å². The Morgan fingerprint density at radius 1 is 0.917 bits per heavy atom. The van der Waals surface area contributed by atoms with Crippen molar-refractivity contribution < 1.29 is 14.3 Å². The van der Waals surface area contributed by atoms with E-state index in [1.54, 1.807) is 0 Å². The van der Waals surface area contributed by atoms with Crippen molar-refractivity contribution in [3.8, 4) is 0 Å². The first kappa shape index (κ1) is 17.2. The Morgan fingerprint density at radius 3 is 1.96 bits per heavy atom. The first-order valence-electron chi connectivity index (χ1n) is 9.40. The summed E-state index contributed by atoms with van der Waals surface area (Å²) in [5.74, 6) is 0.123. The number of rotatable bonds is 0. The van der Waals surface area contributed by atoms with E-state index in [0.717, 1.165) is 16.8 Å². The van der Waals surface area contributed by atoms with Gasteiger partial charge >= 0.3 is 11.9 Å². The molecule has 5 atom stereocenters. The van der Waals surface area contributed by atoms with Crippen molar-refractivity contribution in [3.63, 3.8) is 0 Å². The minimum Gasteiger partial charge on any atom is -0.381 e. The van der Waals surface area contributed by atoms with Crippen LogP contribution in [0.25, 0.3) is 0 Å². The summed E-state index contributed by atoms with van der Waals surface area (Å²) in [6, 6.07) is 0. The lowest BCUT2D eigenvalue weighted by molar-refractivity contribution is -0.150. The molecule has 132 valence electrons. The van der Waals surface area contributed by atoms with E-state index < -0.39 is 14.5 Å². The first-order chi connectivity index (χ1) is 11.1. The molecule has 1 unspecified atom stereocenters. The molecule has 2 spiro atoms. The number of hydrogen-bond donors (Lipinski definition) is 0. The molecule has 2 fully saturated rings. The molecule has 0 saturated carbocycles. The molecule has 5 heteroatoms. The van der Waals surface area contributed by atoms with Crippen LogP contribution >= 0.6 is 14.5 Å². The van der Waals surface area contributed by atoms with Gasteiger partial charge in [0.1, 0.15) is 14.5 Å². The second kappa shape index (κ2) is 4.92. The fraction of sp³-hybridized carbons (Fsp3) is 0.789. The summed E-state index contributed by atoms with van der Waals surface area (Å²) in [5, 5.41) is 1.87. The number of fused-ring (bicyclic) bond motifs is 2. The summed E-state index contributed by atoms with van der Waals surface area (Å²) in [7, 11) is -3.43. The Kier molecular flexibility index (Phi) is 3.52. The highest BCUT2D eigenvalue weighted by atomic mass is 31.2. The molecular formula is C19H30O3P2+2.